The van der Waals surface area contributed by atoms with Crippen molar-refractivity contribution in [2.75, 3.05) is 5.32 Å². The maximum absolute atomic E-state index is 13.1. The van der Waals surface area contributed by atoms with Crippen molar-refractivity contribution in [2.45, 2.75) is 50.1 Å². The molecule has 1 atom stereocenters. The maximum atomic E-state index is 13.1. The van der Waals surface area contributed by atoms with Crippen molar-refractivity contribution in [1.29, 1.82) is 0 Å². The second-order valence-electron chi connectivity index (χ2n) is 8.42. The first-order valence-electron chi connectivity index (χ1n) is 10.1. The molecule has 4 rings (SSSR count). The zero-order valence-electron chi connectivity index (χ0n) is 18.2. The number of fused-ring (bicyclic) bond motifs is 1. The lowest BCUT2D eigenvalue weighted by atomic mass is 9.90. The van der Waals surface area contributed by atoms with E-state index < -0.39 is 21.7 Å². The summed E-state index contributed by atoms with van der Waals surface area (Å²) in [6.45, 7) is 7.62. The number of sulfonamides is 1. The van der Waals surface area contributed by atoms with Gasteiger partial charge in [0.2, 0.25) is 9.47 Å². The van der Waals surface area contributed by atoms with Gasteiger partial charge < -0.3 is 4.74 Å². The lowest BCUT2D eigenvalue weighted by Gasteiger charge is -2.37. The molecular weight excluding hydrogens is 448 g/mol. The van der Waals surface area contributed by atoms with Crippen LogP contribution in [-0.4, -0.2) is 30.1 Å². The van der Waals surface area contributed by atoms with Crippen molar-refractivity contribution in [2.24, 2.45) is 0 Å². The summed E-state index contributed by atoms with van der Waals surface area (Å²) in [4.78, 5) is 12.5. The Bertz CT molecular complexity index is 1280. The van der Waals surface area contributed by atoms with E-state index in [9.17, 15) is 13.2 Å². The van der Waals surface area contributed by atoms with Gasteiger partial charge in [0, 0.05) is 17.5 Å². The van der Waals surface area contributed by atoms with Crippen molar-refractivity contribution in [3.05, 3.63) is 64.7 Å². The fourth-order valence-corrected chi connectivity index (χ4v) is 5.79. The predicted molar refractivity (Wildman–Crippen MR) is 123 cm³/mol. The number of carbonyl (C=O) groups is 1. The number of carbonyl (C=O) groups excluding carboxylic acids is 1. The van der Waals surface area contributed by atoms with Crippen LogP contribution < -0.4 is 14.8 Å². The zero-order chi connectivity index (χ0) is 23.1. The number of hydrogen-bond acceptors (Lipinski definition) is 7. The van der Waals surface area contributed by atoms with E-state index in [0.29, 0.717) is 17.7 Å². The molecule has 0 unspecified atom stereocenters. The van der Waals surface area contributed by atoms with Crippen LogP contribution in [0.2, 0.25) is 0 Å². The number of aryl methyl sites for hydroxylation is 2. The van der Waals surface area contributed by atoms with Crippen LogP contribution in [0.3, 0.4) is 0 Å². The molecule has 3 aromatic rings. The average molecular weight is 473 g/mol. The third-order valence-electron chi connectivity index (χ3n) is 5.17. The van der Waals surface area contributed by atoms with E-state index in [-0.39, 0.29) is 15.4 Å². The van der Waals surface area contributed by atoms with Gasteiger partial charge >= 0.3 is 0 Å². The molecule has 168 valence electrons. The van der Waals surface area contributed by atoms with Crippen LogP contribution in [0.15, 0.2) is 46.8 Å². The first-order valence-corrected chi connectivity index (χ1v) is 12.4. The highest BCUT2D eigenvalue weighted by Crippen LogP contribution is 2.40. The molecule has 0 fully saturated rings. The molecule has 1 aliphatic heterocycles. The number of nitrogens with zero attached hydrogens (tertiary/aromatic N) is 2. The molecule has 2 aromatic carbocycles. The fourth-order valence-electron chi connectivity index (χ4n) is 3.66. The number of aromatic nitrogens is 2. The number of rotatable bonds is 5. The second kappa shape index (κ2) is 8.27. The lowest BCUT2D eigenvalue weighted by Crippen LogP contribution is -2.41. The van der Waals surface area contributed by atoms with Crippen molar-refractivity contribution < 1.29 is 17.9 Å². The Morgan fingerprint density at radius 2 is 1.91 bits per heavy atom. The van der Waals surface area contributed by atoms with Gasteiger partial charge in [-0.25, -0.2) is 13.1 Å². The molecule has 0 bridgehead atoms. The molecule has 2 heterocycles. The minimum Gasteiger partial charge on any atom is -0.487 e. The summed E-state index contributed by atoms with van der Waals surface area (Å²) >= 11 is 0.805. The molecule has 10 heteroatoms. The number of hydrogen-bond donors (Lipinski definition) is 2. The summed E-state index contributed by atoms with van der Waals surface area (Å²) in [5.41, 5.74) is 2.56. The van der Waals surface area contributed by atoms with E-state index in [1.807, 2.05) is 58.0 Å². The first-order chi connectivity index (χ1) is 15.0. The van der Waals surface area contributed by atoms with Crippen LogP contribution in [-0.2, 0) is 10.0 Å². The number of nitrogens with one attached hydrogen (secondary N) is 2. The Morgan fingerprint density at radius 1 is 1.16 bits per heavy atom. The zero-order valence-corrected chi connectivity index (χ0v) is 19.8. The van der Waals surface area contributed by atoms with Crippen LogP contribution in [0.1, 0.15) is 53.4 Å². The highest BCUT2D eigenvalue weighted by atomic mass is 32.2. The van der Waals surface area contributed by atoms with Gasteiger partial charge in [0.25, 0.3) is 15.9 Å². The highest BCUT2D eigenvalue weighted by Gasteiger charge is 2.37. The van der Waals surface area contributed by atoms with Gasteiger partial charge in [0.05, 0.1) is 6.04 Å². The molecule has 8 nitrogen and oxygen atoms in total. The molecule has 0 radical (unpaired) electrons. The summed E-state index contributed by atoms with van der Waals surface area (Å²) in [5.74, 6) is 0.295. The Hall–Kier alpha value is -2.82. The molecular formula is C22H24N4O4S2. The van der Waals surface area contributed by atoms with Crippen LogP contribution in [0, 0.1) is 13.8 Å². The minimum atomic E-state index is -3.96. The number of ether oxygens (including phenoxy) is 1. The lowest BCUT2D eigenvalue weighted by molar-refractivity contribution is 0.0701. The topological polar surface area (TPSA) is 110 Å². The summed E-state index contributed by atoms with van der Waals surface area (Å²) in [6.07, 6.45) is 0.456. The largest absolute Gasteiger partial charge is 0.487 e. The smallest absolute Gasteiger partial charge is 0.270 e. The van der Waals surface area contributed by atoms with Crippen molar-refractivity contribution in [1.82, 2.24) is 14.9 Å². The maximum Gasteiger partial charge on any atom is 0.270 e. The second-order valence-corrected chi connectivity index (χ2v) is 11.3. The number of anilines is 1. The van der Waals surface area contributed by atoms with Gasteiger partial charge in [-0.3, -0.25) is 10.1 Å². The van der Waals surface area contributed by atoms with Gasteiger partial charge in [-0.1, -0.05) is 41.7 Å². The van der Waals surface area contributed by atoms with Crippen LogP contribution in [0.5, 0.6) is 5.75 Å². The Labute approximate surface area is 191 Å². The van der Waals surface area contributed by atoms with E-state index in [4.69, 9.17) is 4.74 Å². The minimum absolute atomic E-state index is 0.113. The molecule has 2 N–H and O–H groups in total. The van der Waals surface area contributed by atoms with Crippen LogP contribution in [0.4, 0.5) is 5.13 Å². The standard InChI is InChI=1S/C22H24N4O4S2/c1-13-9-10-16-17(12-22(3,4)30-18(16)11-13)26-32(28,29)21-25-24-20(31-21)23-19(27)15-8-6-5-7-14(15)2/h5-11,17,26H,12H2,1-4H3,(H,23,24,27)/t17-/m1/s1. The van der Waals surface area contributed by atoms with Gasteiger partial charge in [-0.05, 0) is 51.0 Å². The molecule has 0 spiro atoms. The van der Waals surface area contributed by atoms with Gasteiger partial charge in [-0.15, -0.1) is 10.2 Å². The molecule has 0 saturated carbocycles. The van der Waals surface area contributed by atoms with Crippen molar-refractivity contribution in [3.63, 3.8) is 0 Å². The van der Waals surface area contributed by atoms with Crippen LogP contribution in [0.25, 0.3) is 0 Å². The van der Waals surface area contributed by atoms with E-state index in [1.165, 1.54) is 0 Å². The summed E-state index contributed by atoms with van der Waals surface area (Å²) in [5, 5.41) is 10.4. The third kappa shape index (κ3) is 4.67. The SMILES string of the molecule is Cc1ccc2c(c1)OC(C)(C)C[C@H]2NS(=O)(=O)c1nnc(NC(=O)c2ccccc2C)s1. The molecule has 1 amide bonds. The first kappa shape index (κ1) is 22.4. The highest BCUT2D eigenvalue weighted by molar-refractivity contribution is 7.91. The van der Waals surface area contributed by atoms with Crippen molar-refractivity contribution in [3.8, 4) is 5.75 Å². The summed E-state index contributed by atoms with van der Waals surface area (Å²) < 4.78 is 34.7. The molecule has 1 aromatic heterocycles. The quantitative estimate of drug-likeness (QED) is 0.544. The van der Waals surface area contributed by atoms with E-state index in [0.717, 1.165) is 28.0 Å². The number of amides is 1. The van der Waals surface area contributed by atoms with Crippen LogP contribution >= 0.6 is 11.3 Å². The molecule has 0 aliphatic carbocycles. The van der Waals surface area contributed by atoms with Gasteiger partial charge in [0.15, 0.2) is 0 Å². The molecule has 1 aliphatic rings. The molecule has 32 heavy (non-hydrogen) atoms. The Morgan fingerprint density at radius 3 is 2.66 bits per heavy atom. The Balaban J connectivity index is 1.55. The van der Waals surface area contributed by atoms with Gasteiger partial charge in [0.1, 0.15) is 11.4 Å². The normalized spacial score (nSPS) is 17.3. The average Bonchev–Trinajstić information content (AvgIpc) is 3.16. The van der Waals surface area contributed by atoms with Gasteiger partial charge in [-0.2, -0.15) is 0 Å². The fraction of sp³-hybridized carbons (Fsp3) is 0.318. The summed E-state index contributed by atoms with van der Waals surface area (Å²) in [6, 6.07) is 12.3. The summed E-state index contributed by atoms with van der Waals surface area (Å²) in [7, 11) is -3.96. The van der Waals surface area contributed by atoms with E-state index in [2.05, 4.69) is 20.2 Å². The third-order valence-corrected chi connectivity index (χ3v) is 7.85. The predicted octanol–water partition coefficient (Wildman–Crippen LogP) is 3.99. The van der Waals surface area contributed by atoms with E-state index >= 15 is 0 Å². The number of benzene rings is 2. The van der Waals surface area contributed by atoms with E-state index in [1.54, 1.807) is 12.1 Å². The van der Waals surface area contributed by atoms with Crippen molar-refractivity contribution >= 4 is 32.4 Å². The Kier molecular flexibility index (Phi) is 5.78. The monoisotopic (exact) mass is 472 g/mol. The molecule has 0 saturated heterocycles.